The minimum Gasteiger partial charge on any atom is -0.296 e. The van der Waals surface area contributed by atoms with Gasteiger partial charge in [-0.3, -0.25) is 5.32 Å². The number of hydrogen-bond donors (Lipinski definition) is 1. The molecule has 1 fully saturated rings. The Morgan fingerprint density at radius 2 is 2.17 bits per heavy atom. The normalized spacial score (nSPS) is 34.2. The van der Waals surface area contributed by atoms with E-state index in [4.69, 9.17) is 0 Å². The summed E-state index contributed by atoms with van der Waals surface area (Å²) in [5.74, 6) is 1.33. The molecular formula is C13H17NO2S2. The first-order chi connectivity index (χ1) is 8.54. The van der Waals surface area contributed by atoms with Crippen molar-refractivity contribution < 1.29 is 8.42 Å². The average molecular weight is 283 g/mol. The van der Waals surface area contributed by atoms with Crippen LogP contribution in [-0.2, 0) is 14.7 Å². The first kappa shape index (κ1) is 12.5. The summed E-state index contributed by atoms with van der Waals surface area (Å²) in [6.45, 7) is 2.17. The molecule has 0 saturated carbocycles. The van der Waals surface area contributed by atoms with Crippen LogP contribution >= 0.6 is 11.8 Å². The smallest absolute Gasteiger partial charge is 0.178 e. The molecule has 1 spiro atoms. The van der Waals surface area contributed by atoms with Crippen LogP contribution in [-0.4, -0.2) is 26.0 Å². The zero-order valence-electron chi connectivity index (χ0n) is 10.3. The molecule has 5 heteroatoms. The molecular weight excluding hydrogens is 266 g/mol. The first-order valence-electron chi connectivity index (χ1n) is 6.27. The van der Waals surface area contributed by atoms with Crippen molar-refractivity contribution in [1.29, 1.82) is 0 Å². The van der Waals surface area contributed by atoms with Crippen LogP contribution < -0.4 is 5.32 Å². The maximum Gasteiger partial charge on any atom is 0.178 e. The van der Waals surface area contributed by atoms with E-state index in [1.54, 1.807) is 6.07 Å². The van der Waals surface area contributed by atoms with E-state index in [2.05, 4.69) is 12.2 Å². The van der Waals surface area contributed by atoms with Crippen molar-refractivity contribution in [3.05, 3.63) is 29.8 Å². The van der Waals surface area contributed by atoms with Crippen molar-refractivity contribution in [3.63, 3.8) is 0 Å². The van der Waals surface area contributed by atoms with Crippen LogP contribution in [0.3, 0.4) is 0 Å². The van der Waals surface area contributed by atoms with Gasteiger partial charge >= 0.3 is 0 Å². The molecule has 98 valence electrons. The standard InChI is InChI=1S/C13H17NO2S2/c1-10-6-8-17-13(14-10)7-9-18(15,16)12-5-3-2-4-11(12)13/h2-5,10,14H,6-9H2,1H3. The van der Waals surface area contributed by atoms with Crippen molar-refractivity contribution >= 4 is 21.6 Å². The quantitative estimate of drug-likeness (QED) is 0.792. The van der Waals surface area contributed by atoms with E-state index in [-0.39, 0.29) is 10.6 Å². The third-order valence-electron chi connectivity index (χ3n) is 3.76. The number of nitrogens with one attached hydrogen (secondary N) is 1. The Labute approximate surface area is 112 Å². The van der Waals surface area contributed by atoms with Gasteiger partial charge in [-0.2, -0.15) is 0 Å². The van der Waals surface area contributed by atoms with Crippen molar-refractivity contribution in [2.24, 2.45) is 0 Å². The number of hydrogen-bond acceptors (Lipinski definition) is 4. The molecule has 1 N–H and O–H groups in total. The van der Waals surface area contributed by atoms with Gasteiger partial charge in [0, 0.05) is 11.6 Å². The van der Waals surface area contributed by atoms with E-state index >= 15 is 0 Å². The maximum absolute atomic E-state index is 12.1. The predicted octanol–water partition coefficient (Wildman–Crippen LogP) is 2.13. The zero-order valence-corrected chi connectivity index (χ0v) is 12.0. The number of fused-ring (bicyclic) bond motifs is 2. The van der Waals surface area contributed by atoms with E-state index in [9.17, 15) is 8.42 Å². The fourth-order valence-electron chi connectivity index (χ4n) is 2.82. The van der Waals surface area contributed by atoms with Crippen molar-refractivity contribution in [2.75, 3.05) is 11.5 Å². The topological polar surface area (TPSA) is 46.2 Å². The SMILES string of the molecule is CC1CCSC2(CCS(=O)(=O)c3ccccc32)N1. The summed E-state index contributed by atoms with van der Waals surface area (Å²) in [5.41, 5.74) is 0.952. The Hall–Kier alpha value is -0.520. The van der Waals surface area contributed by atoms with Crippen molar-refractivity contribution in [1.82, 2.24) is 5.32 Å². The molecule has 2 unspecified atom stereocenters. The van der Waals surface area contributed by atoms with E-state index < -0.39 is 9.84 Å². The van der Waals surface area contributed by atoms with E-state index in [1.807, 2.05) is 30.0 Å². The fourth-order valence-corrected chi connectivity index (χ4v) is 6.35. The lowest BCUT2D eigenvalue weighted by Gasteiger charge is -2.44. The molecule has 1 aromatic rings. The predicted molar refractivity (Wildman–Crippen MR) is 74.5 cm³/mol. The van der Waals surface area contributed by atoms with Gasteiger partial charge in [-0.1, -0.05) is 18.2 Å². The lowest BCUT2D eigenvalue weighted by molar-refractivity contribution is 0.375. The number of rotatable bonds is 0. The summed E-state index contributed by atoms with van der Waals surface area (Å²) in [5, 5.41) is 3.62. The van der Waals surface area contributed by atoms with Crippen molar-refractivity contribution in [2.45, 2.75) is 35.6 Å². The highest BCUT2D eigenvalue weighted by Crippen LogP contribution is 2.47. The summed E-state index contributed by atoms with van der Waals surface area (Å²) in [7, 11) is -3.09. The monoisotopic (exact) mass is 283 g/mol. The number of sulfone groups is 1. The van der Waals surface area contributed by atoms with E-state index in [1.165, 1.54) is 0 Å². The van der Waals surface area contributed by atoms with Crippen LogP contribution in [0.15, 0.2) is 29.2 Å². The number of benzene rings is 1. The van der Waals surface area contributed by atoms with Crippen LogP contribution in [0.1, 0.15) is 25.3 Å². The summed E-state index contributed by atoms with van der Waals surface area (Å²) in [6.07, 6.45) is 1.81. The Kier molecular flexibility index (Phi) is 2.95. The molecule has 0 bridgehead atoms. The molecule has 0 aromatic heterocycles. The summed E-state index contributed by atoms with van der Waals surface area (Å²) in [4.78, 5) is 0.324. The lowest BCUT2D eigenvalue weighted by atomic mass is 10.0. The minimum atomic E-state index is -3.09. The zero-order chi connectivity index (χ0) is 12.8. The first-order valence-corrected chi connectivity index (χ1v) is 8.91. The van der Waals surface area contributed by atoms with E-state index in [0.29, 0.717) is 17.4 Å². The molecule has 0 amide bonds. The molecule has 18 heavy (non-hydrogen) atoms. The summed E-state index contributed by atoms with van der Waals surface area (Å²) < 4.78 is 24.3. The van der Waals surface area contributed by atoms with E-state index in [0.717, 1.165) is 17.7 Å². The van der Waals surface area contributed by atoms with Crippen LogP contribution in [0.2, 0.25) is 0 Å². The molecule has 1 aromatic carbocycles. The van der Waals surface area contributed by atoms with Gasteiger partial charge in [-0.05, 0) is 31.6 Å². The van der Waals surface area contributed by atoms with Gasteiger partial charge in [-0.25, -0.2) is 8.42 Å². The summed E-state index contributed by atoms with van der Waals surface area (Å²) in [6, 6.07) is 7.90. The second kappa shape index (κ2) is 4.25. The highest BCUT2D eigenvalue weighted by Gasteiger charge is 2.44. The fraction of sp³-hybridized carbons (Fsp3) is 0.538. The van der Waals surface area contributed by atoms with Gasteiger partial charge in [-0.15, -0.1) is 11.8 Å². The van der Waals surface area contributed by atoms with Gasteiger partial charge in [0.15, 0.2) is 9.84 Å². The Morgan fingerprint density at radius 3 is 2.94 bits per heavy atom. The molecule has 3 nitrogen and oxygen atoms in total. The molecule has 2 aliphatic rings. The van der Waals surface area contributed by atoms with Crippen LogP contribution in [0.4, 0.5) is 0 Å². The van der Waals surface area contributed by atoms with Crippen LogP contribution in [0.25, 0.3) is 0 Å². The average Bonchev–Trinajstić information content (AvgIpc) is 2.36. The second-order valence-corrected chi connectivity index (χ2v) is 8.55. The molecule has 3 rings (SSSR count). The Bertz CT molecular complexity index is 570. The molecule has 0 aliphatic carbocycles. The Morgan fingerprint density at radius 1 is 1.39 bits per heavy atom. The molecule has 1 saturated heterocycles. The molecule has 2 aliphatic heterocycles. The van der Waals surface area contributed by atoms with Gasteiger partial charge in [0.25, 0.3) is 0 Å². The number of thioether (sulfide) groups is 1. The van der Waals surface area contributed by atoms with Gasteiger partial charge in [0.05, 0.1) is 15.5 Å². The largest absolute Gasteiger partial charge is 0.296 e. The highest BCUT2D eigenvalue weighted by molar-refractivity contribution is 8.00. The second-order valence-electron chi connectivity index (χ2n) is 5.07. The van der Waals surface area contributed by atoms with Crippen molar-refractivity contribution in [3.8, 4) is 0 Å². The lowest BCUT2D eigenvalue weighted by Crippen LogP contribution is -2.51. The van der Waals surface area contributed by atoms with Crippen LogP contribution in [0, 0.1) is 0 Å². The molecule has 2 atom stereocenters. The third-order valence-corrected chi connectivity index (χ3v) is 7.00. The Balaban J connectivity index is 2.15. The molecule has 2 heterocycles. The van der Waals surface area contributed by atoms with Gasteiger partial charge in [0.2, 0.25) is 0 Å². The van der Waals surface area contributed by atoms with Crippen LogP contribution in [0.5, 0.6) is 0 Å². The third kappa shape index (κ3) is 1.89. The molecule has 0 radical (unpaired) electrons. The maximum atomic E-state index is 12.1. The summed E-state index contributed by atoms with van der Waals surface area (Å²) >= 11 is 1.86. The van der Waals surface area contributed by atoms with Gasteiger partial charge < -0.3 is 0 Å². The highest BCUT2D eigenvalue weighted by atomic mass is 32.2. The minimum absolute atomic E-state index is 0.195. The van der Waals surface area contributed by atoms with Gasteiger partial charge in [0.1, 0.15) is 0 Å².